The Morgan fingerprint density at radius 2 is 2.08 bits per heavy atom. The molecule has 0 aromatic heterocycles. The SMILES string of the molecule is Cc1cc2c(cc1NCN)OCO2. The van der Waals surface area contributed by atoms with Gasteiger partial charge in [-0.05, 0) is 18.6 Å². The molecule has 0 aliphatic carbocycles. The number of aryl methyl sites for hydroxylation is 1. The number of benzene rings is 1. The number of fused-ring (bicyclic) bond motifs is 1. The van der Waals surface area contributed by atoms with Crippen LogP contribution >= 0.6 is 0 Å². The van der Waals surface area contributed by atoms with E-state index in [1.807, 2.05) is 19.1 Å². The first-order valence-electron chi connectivity index (χ1n) is 4.15. The minimum atomic E-state index is 0.306. The van der Waals surface area contributed by atoms with Gasteiger partial charge in [0.05, 0.1) is 6.67 Å². The molecule has 0 radical (unpaired) electrons. The molecule has 0 unspecified atom stereocenters. The van der Waals surface area contributed by atoms with Gasteiger partial charge in [-0.15, -0.1) is 0 Å². The van der Waals surface area contributed by atoms with Gasteiger partial charge in [0, 0.05) is 11.8 Å². The average molecular weight is 180 g/mol. The maximum atomic E-state index is 5.39. The van der Waals surface area contributed by atoms with Crippen molar-refractivity contribution in [3.05, 3.63) is 17.7 Å². The summed E-state index contributed by atoms with van der Waals surface area (Å²) in [4.78, 5) is 0. The Labute approximate surface area is 76.6 Å². The lowest BCUT2D eigenvalue weighted by Gasteiger charge is -2.07. The summed E-state index contributed by atoms with van der Waals surface area (Å²) in [5, 5.41) is 3.05. The summed E-state index contributed by atoms with van der Waals surface area (Å²) in [5.74, 6) is 1.58. The Morgan fingerprint density at radius 3 is 2.77 bits per heavy atom. The monoisotopic (exact) mass is 180 g/mol. The number of hydrogen-bond donors (Lipinski definition) is 2. The molecule has 0 spiro atoms. The second kappa shape index (κ2) is 3.14. The predicted octanol–water partition coefficient (Wildman–Crippen LogP) is 1.05. The fraction of sp³-hybridized carbons (Fsp3) is 0.333. The molecule has 1 aliphatic rings. The van der Waals surface area contributed by atoms with E-state index in [0.717, 1.165) is 22.7 Å². The minimum absolute atomic E-state index is 0.306. The molecule has 1 heterocycles. The van der Waals surface area contributed by atoms with Crippen LogP contribution in [-0.2, 0) is 0 Å². The van der Waals surface area contributed by atoms with Gasteiger partial charge < -0.3 is 20.5 Å². The Balaban J connectivity index is 2.37. The zero-order valence-corrected chi connectivity index (χ0v) is 7.46. The smallest absolute Gasteiger partial charge is 0.231 e. The number of rotatable bonds is 2. The van der Waals surface area contributed by atoms with Crippen LogP contribution in [-0.4, -0.2) is 13.5 Å². The number of ether oxygens (including phenoxy) is 2. The lowest BCUT2D eigenvalue weighted by atomic mass is 10.2. The first-order chi connectivity index (χ1) is 6.31. The number of nitrogens with two attached hydrogens (primary N) is 1. The standard InChI is InChI=1S/C9H12N2O2/c1-6-2-8-9(13-5-12-8)3-7(6)11-4-10/h2-3,11H,4-5,10H2,1H3. The van der Waals surface area contributed by atoms with Gasteiger partial charge in [-0.3, -0.25) is 0 Å². The van der Waals surface area contributed by atoms with Gasteiger partial charge in [0.25, 0.3) is 0 Å². The molecule has 0 fully saturated rings. The third kappa shape index (κ3) is 1.40. The molecule has 1 aliphatic heterocycles. The van der Waals surface area contributed by atoms with Crippen LogP contribution in [0.2, 0.25) is 0 Å². The van der Waals surface area contributed by atoms with Gasteiger partial charge in [-0.1, -0.05) is 0 Å². The first-order valence-corrected chi connectivity index (χ1v) is 4.15. The van der Waals surface area contributed by atoms with Crippen molar-refractivity contribution in [3.8, 4) is 11.5 Å². The Morgan fingerprint density at radius 1 is 1.38 bits per heavy atom. The summed E-state index contributed by atoms with van der Waals surface area (Å²) < 4.78 is 10.5. The van der Waals surface area contributed by atoms with E-state index >= 15 is 0 Å². The number of nitrogens with one attached hydrogen (secondary N) is 1. The van der Waals surface area contributed by atoms with Crippen LogP contribution in [0.25, 0.3) is 0 Å². The minimum Gasteiger partial charge on any atom is -0.454 e. The molecule has 0 amide bonds. The van der Waals surface area contributed by atoms with Crippen molar-refractivity contribution in [1.29, 1.82) is 0 Å². The molecule has 3 N–H and O–H groups in total. The van der Waals surface area contributed by atoms with Gasteiger partial charge in [0.15, 0.2) is 11.5 Å². The molecule has 1 aromatic carbocycles. The second-order valence-electron chi connectivity index (χ2n) is 2.90. The molecule has 1 aromatic rings. The van der Waals surface area contributed by atoms with E-state index in [2.05, 4.69) is 5.32 Å². The number of anilines is 1. The first kappa shape index (κ1) is 8.19. The fourth-order valence-corrected chi connectivity index (χ4v) is 1.34. The summed E-state index contributed by atoms with van der Waals surface area (Å²) in [7, 11) is 0. The third-order valence-electron chi connectivity index (χ3n) is 2.01. The summed E-state index contributed by atoms with van der Waals surface area (Å²) in [5.41, 5.74) is 7.49. The highest BCUT2D eigenvalue weighted by Gasteiger charge is 2.14. The molecule has 2 rings (SSSR count). The fourth-order valence-electron chi connectivity index (χ4n) is 1.34. The number of hydrogen-bond acceptors (Lipinski definition) is 4. The highest BCUT2D eigenvalue weighted by molar-refractivity contribution is 5.60. The van der Waals surface area contributed by atoms with Crippen molar-refractivity contribution in [2.24, 2.45) is 5.73 Å². The van der Waals surface area contributed by atoms with E-state index < -0.39 is 0 Å². The third-order valence-corrected chi connectivity index (χ3v) is 2.01. The van der Waals surface area contributed by atoms with Crippen LogP contribution in [0.3, 0.4) is 0 Å². The van der Waals surface area contributed by atoms with Gasteiger partial charge in [-0.2, -0.15) is 0 Å². The van der Waals surface area contributed by atoms with E-state index in [0.29, 0.717) is 13.5 Å². The zero-order chi connectivity index (χ0) is 9.26. The Hall–Kier alpha value is -1.42. The van der Waals surface area contributed by atoms with Gasteiger partial charge >= 0.3 is 0 Å². The normalized spacial score (nSPS) is 13.1. The van der Waals surface area contributed by atoms with Crippen LogP contribution in [0.1, 0.15) is 5.56 Å². The average Bonchev–Trinajstić information content (AvgIpc) is 2.52. The molecule has 70 valence electrons. The summed E-state index contributed by atoms with van der Waals surface area (Å²) in [6, 6.07) is 3.85. The molecule has 0 saturated carbocycles. The maximum Gasteiger partial charge on any atom is 0.231 e. The summed E-state index contributed by atoms with van der Waals surface area (Å²) in [6.07, 6.45) is 0. The van der Waals surface area contributed by atoms with Crippen LogP contribution in [0.4, 0.5) is 5.69 Å². The highest BCUT2D eigenvalue weighted by Crippen LogP contribution is 2.36. The van der Waals surface area contributed by atoms with Crippen molar-refractivity contribution < 1.29 is 9.47 Å². The lowest BCUT2D eigenvalue weighted by Crippen LogP contribution is -2.11. The zero-order valence-electron chi connectivity index (χ0n) is 7.46. The molecule has 0 saturated heterocycles. The molecule has 0 atom stereocenters. The summed E-state index contributed by atoms with van der Waals surface area (Å²) in [6.45, 7) is 2.72. The molecule has 0 bridgehead atoms. The van der Waals surface area contributed by atoms with Crippen molar-refractivity contribution in [3.63, 3.8) is 0 Å². The maximum absolute atomic E-state index is 5.39. The lowest BCUT2D eigenvalue weighted by molar-refractivity contribution is 0.174. The van der Waals surface area contributed by atoms with Crippen molar-refractivity contribution in [1.82, 2.24) is 0 Å². The van der Waals surface area contributed by atoms with Crippen molar-refractivity contribution >= 4 is 5.69 Å². The predicted molar refractivity (Wildman–Crippen MR) is 50.0 cm³/mol. The van der Waals surface area contributed by atoms with E-state index in [4.69, 9.17) is 15.2 Å². The molecular weight excluding hydrogens is 168 g/mol. The molecule has 4 heteroatoms. The molecular formula is C9H12N2O2. The summed E-state index contributed by atoms with van der Waals surface area (Å²) >= 11 is 0. The quantitative estimate of drug-likeness (QED) is 0.668. The van der Waals surface area contributed by atoms with Crippen LogP contribution in [0.5, 0.6) is 11.5 Å². The molecule has 4 nitrogen and oxygen atoms in total. The highest BCUT2D eigenvalue weighted by atomic mass is 16.7. The van der Waals surface area contributed by atoms with E-state index in [1.54, 1.807) is 0 Å². The van der Waals surface area contributed by atoms with E-state index in [9.17, 15) is 0 Å². The Bertz CT molecular complexity index is 326. The van der Waals surface area contributed by atoms with Gasteiger partial charge in [-0.25, -0.2) is 0 Å². The van der Waals surface area contributed by atoms with Crippen molar-refractivity contribution in [2.45, 2.75) is 6.92 Å². The van der Waals surface area contributed by atoms with Crippen LogP contribution < -0.4 is 20.5 Å². The van der Waals surface area contributed by atoms with Crippen LogP contribution in [0, 0.1) is 6.92 Å². The molecule has 13 heavy (non-hydrogen) atoms. The Kier molecular flexibility index (Phi) is 1.98. The van der Waals surface area contributed by atoms with E-state index in [1.165, 1.54) is 0 Å². The van der Waals surface area contributed by atoms with E-state index in [-0.39, 0.29) is 0 Å². The van der Waals surface area contributed by atoms with Crippen molar-refractivity contribution in [2.75, 3.05) is 18.8 Å². The topological polar surface area (TPSA) is 56.5 Å². The second-order valence-corrected chi connectivity index (χ2v) is 2.90. The van der Waals surface area contributed by atoms with Gasteiger partial charge in [0.2, 0.25) is 6.79 Å². The van der Waals surface area contributed by atoms with Crippen LogP contribution in [0.15, 0.2) is 12.1 Å². The largest absolute Gasteiger partial charge is 0.454 e. The van der Waals surface area contributed by atoms with Gasteiger partial charge in [0.1, 0.15) is 0 Å².